The Bertz CT molecular complexity index is 598. The average molecular weight is 323 g/mol. The number of hydrogen-bond donors (Lipinski definition) is 2. The van der Waals surface area contributed by atoms with E-state index in [-0.39, 0.29) is 0 Å². The standard InChI is InChI=1S/C15H22N4S2/c1-3-16-15-18-13(10-8-9-21-14(10)19-15)17-11-6-4-5-7-12(11)20-2/h8-9,11-12H,3-7H2,1-2H3,(H2,16,17,18,19). The normalized spacial score (nSPS) is 22.4. The second-order valence-corrected chi connectivity index (χ2v) is 7.35. The highest BCUT2D eigenvalue weighted by Crippen LogP contribution is 2.32. The lowest BCUT2D eigenvalue weighted by Crippen LogP contribution is -2.34. The van der Waals surface area contributed by atoms with Crippen LogP contribution in [0.5, 0.6) is 0 Å². The lowest BCUT2D eigenvalue weighted by molar-refractivity contribution is 0.474. The van der Waals surface area contributed by atoms with Gasteiger partial charge in [-0.2, -0.15) is 16.7 Å². The summed E-state index contributed by atoms with van der Waals surface area (Å²) in [7, 11) is 0. The van der Waals surface area contributed by atoms with Crippen molar-refractivity contribution in [2.75, 3.05) is 23.4 Å². The molecule has 114 valence electrons. The Hall–Kier alpha value is -1.01. The number of nitrogens with one attached hydrogen (secondary N) is 2. The Kier molecular flexibility index (Phi) is 4.85. The van der Waals surface area contributed by atoms with Crippen molar-refractivity contribution >= 4 is 45.1 Å². The summed E-state index contributed by atoms with van der Waals surface area (Å²) < 4.78 is 0. The van der Waals surface area contributed by atoms with Crippen molar-refractivity contribution in [1.29, 1.82) is 0 Å². The van der Waals surface area contributed by atoms with Crippen LogP contribution in [0.2, 0.25) is 0 Å². The Balaban J connectivity index is 1.89. The lowest BCUT2D eigenvalue weighted by Gasteiger charge is -2.31. The number of anilines is 2. The summed E-state index contributed by atoms with van der Waals surface area (Å²) in [5.41, 5.74) is 0. The van der Waals surface area contributed by atoms with Crippen molar-refractivity contribution in [2.24, 2.45) is 0 Å². The topological polar surface area (TPSA) is 49.8 Å². The molecule has 2 aromatic rings. The summed E-state index contributed by atoms with van der Waals surface area (Å²) in [5, 5.41) is 10.9. The maximum absolute atomic E-state index is 4.69. The molecule has 3 rings (SSSR count). The Morgan fingerprint density at radius 3 is 3.00 bits per heavy atom. The van der Waals surface area contributed by atoms with E-state index in [0.29, 0.717) is 11.3 Å². The fraction of sp³-hybridized carbons (Fsp3) is 0.600. The Morgan fingerprint density at radius 2 is 2.19 bits per heavy atom. The van der Waals surface area contributed by atoms with Crippen LogP contribution in [0, 0.1) is 0 Å². The van der Waals surface area contributed by atoms with Gasteiger partial charge in [0.1, 0.15) is 10.6 Å². The van der Waals surface area contributed by atoms with E-state index in [1.807, 2.05) is 11.8 Å². The molecule has 1 saturated carbocycles. The molecule has 2 unspecified atom stereocenters. The number of aromatic nitrogens is 2. The molecular weight excluding hydrogens is 300 g/mol. The minimum absolute atomic E-state index is 0.515. The highest BCUT2D eigenvalue weighted by Gasteiger charge is 2.25. The van der Waals surface area contributed by atoms with Crippen LogP contribution in [0.4, 0.5) is 11.8 Å². The van der Waals surface area contributed by atoms with Gasteiger partial charge in [-0.1, -0.05) is 12.8 Å². The highest BCUT2D eigenvalue weighted by molar-refractivity contribution is 7.99. The van der Waals surface area contributed by atoms with Crippen molar-refractivity contribution in [3.05, 3.63) is 11.4 Å². The molecule has 2 aromatic heterocycles. The third kappa shape index (κ3) is 3.26. The van der Waals surface area contributed by atoms with Crippen molar-refractivity contribution in [3.63, 3.8) is 0 Å². The summed E-state index contributed by atoms with van der Waals surface area (Å²) in [5.74, 6) is 1.72. The molecule has 6 heteroatoms. The number of hydrogen-bond acceptors (Lipinski definition) is 6. The molecule has 1 aliphatic rings. The van der Waals surface area contributed by atoms with Crippen LogP contribution in [-0.2, 0) is 0 Å². The minimum atomic E-state index is 0.515. The predicted molar refractivity (Wildman–Crippen MR) is 94.8 cm³/mol. The zero-order valence-electron chi connectivity index (χ0n) is 12.6. The monoisotopic (exact) mass is 322 g/mol. The van der Waals surface area contributed by atoms with Crippen molar-refractivity contribution < 1.29 is 0 Å². The van der Waals surface area contributed by atoms with Crippen LogP contribution < -0.4 is 10.6 Å². The summed E-state index contributed by atoms with van der Waals surface area (Å²) in [6.45, 7) is 2.91. The number of rotatable bonds is 5. The highest BCUT2D eigenvalue weighted by atomic mass is 32.2. The first-order chi connectivity index (χ1) is 10.3. The molecule has 2 atom stereocenters. The van der Waals surface area contributed by atoms with E-state index in [4.69, 9.17) is 0 Å². The van der Waals surface area contributed by atoms with Crippen LogP contribution in [0.3, 0.4) is 0 Å². The van der Waals surface area contributed by atoms with Gasteiger partial charge in [-0.3, -0.25) is 0 Å². The number of nitrogens with zero attached hydrogens (tertiary/aromatic N) is 2. The summed E-state index contributed by atoms with van der Waals surface area (Å²) >= 11 is 3.65. The van der Waals surface area contributed by atoms with Crippen molar-refractivity contribution in [1.82, 2.24) is 9.97 Å². The smallest absolute Gasteiger partial charge is 0.226 e. The van der Waals surface area contributed by atoms with E-state index < -0.39 is 0 Å². The molecule has 0 bridgehead atoms. The molecule has 0 radical (unpaired) electrons. The molecule has 1 fully saturated rings. The van der Waals surface area contributed by atoms with Crippen LogP contribution >= 0.6 is 23.1 Å². The molecule has 1 aliphatic carbocycles. The van der Waals surface area contributed by atoms with Gasteiger partial charge in [0.05, 0.1) is 5.39 Å². The average Bonchev–Trinajstić information content (AvgIpc) is 2.97. The van der Waals surface area contributed by atoms with Crippen LogP contribution in [0.15, 0.2) is 11.4 Å². The third-order valence-electron chi connectivity index (χ3n) is 3.99. The number of thiophene rings is 1. The third-order valence-corrected chi connectivity index (χ3v) is 5.96. The maximum atomic E-state index is 4.69. The van der Waals surface area contributed by atoms with Crippen molar-refractivity contribution in [2.45, 2.75) is 43.9 Å². The Morgan fingerprint density at radius 1 is 1.33 bits per heavy atom. The van der Waals surface area contributed by atoms with E-state index in [9.17, 15) is 0 Å². The van der Waals surface area contributed by atoms with Gasteiger partial charge in [0, 0.05) is 17.8 Å². The fourth-order valence-electron chi connectivity index (χ4n) is 2.92. The molecule has 0 saturated heterocycles. The van der Waals surface area contributed by atoms with Gasteiger partial charge >= 0.3 is 0 Å². The van der Waals surface area contributed by atoms with Gasteiger partial charge in [0.25, 0.3) is 0 Å². The Labute approximate surface area is 134 Å². The molecule has 2 heterocycles. The fourth-order valence-corrected chi connectivity index (χ4v) is 4.62. The molecule has 4 nitrogen and oxygen atoms in total. The first-order valence-electron chi connectivity index (χ1n) is 7.60. The zero-order chi connectivity index (χ0) is 14.7. The minimum Gasteiger partial charge on any atom is -0.366 e. The SMILES string of the molecule is CCNc1nc(NC2CCCCC2SC)c2ccsc2n1. The predicted octanol–water partition coefficient (Wildman–Crippen LogP) is 4.21. The molecule has 0 aromatic carbocycles. The van der Waals surface area contributed by atoms with Gasteiger partial charge in [0.15, 0.2) is 0 Å². The summed E-state index contributed by atoms with van der Waals surface area (Å²) in [6.07, 6.45) is 7.42. The zero-order valence-corrected chi connectivity index (χ0v) is 14.2. The first-order valence-corrected chi connectivity index (χ1v) is 9.77. The van der Waals surface area contributed by atoms with E-state index in [0.717, 1.165) is 28.5 Å². The second kappa shape index (κ2) is 6.83. The summed E-state index contributed by atoms with van der Waals surface area (Å²) in [4.78, 5) is 10.3. The van der Waals surface area contributed by atoms with Gasteiger partial charge in [-0.15, -0.1) is 11.3 Å². The van der Waals surface area contributed by atoms with Gasteiger partial charge in [-0.25, -0.2) is 4.98 Å². The molecule has 0 amide bonds. The maximum Gasteiger partial charge on any atom is 0.226 e. The van der Waals surface area contributed by atoms with Crippen molar-refractivity contribution in [3.8, 4) is 0 Å². The van der Waals surface area contributed by atoms with Gasteiger partial charge in [0.2, 0.25) is 5.95 Å². The molecule has 0 spiro atoms. The lowest BCUT2D eigenvalue weighted by atomic mass is 9.95. The van der Waals surface area contributed by atoms with E-state index in [1.165, 1.54) is 25.7 Å². The van der Waals surface area contributed by atoms with E-state index in [2.05, 4.69) is 45.2 Å². The first kappa shape index (κ1) is 14.9. The largest absolute Gasteiger partial charge is 0.366 e. The summed E-state index contributed by atoms with van der Waals surface area (Å²) in [6, 6.07) is 2.64. The molecule has 2 N–H and O–H groups in total. The molecule has 0 aliphatic heterocycles. The van der Waals surface area contributed by atoms with Crippen LogP contribution in [0.1, 0.15) is 32.6 Å². The number of thioether (sulfide) groups is 1. The van der Waals surface area contributed by atoms with Crippen LogP contribution in [0.25, 0.3) is 10.2 Å². The van der Waals surface area contributed by atoms with Crippen LogP contribution in [-0.4, -0.2) is 34.1 Å². The van der Waals surface area contributed by atoms with Gasteiger partial charge < -0.3 is 10.6 Å². The second-order valence-electron chi connectivity index (χ2n) is 5.38. The van der Waals surface area contributed by atoms with Gasteiger partial charge in [-0.05, 0) is 37.5 Å². The van der Waals surface area contributed by atoms with E-state index >= 15 is 0 Å². The quantitative estimate of drug-likeness (QED) is 0.863. The number of fused-ring (bicyclic) bond motifs is 1. The van der Waals surface area contributed by atoms with E-state index in [1.54, 1.807) is 11.3 Å². The molecular formula is C15H22N4S2. The molecule has 21 heavy (non-hydrogen) atoms.